The SMILES string of the molecule is CCN=CCC(C)C. The van der Waals surface area contributed by atoms with Crippen LogP contribution in [0.25, 0.3) is 0 Å². The van der Waals surface area contributed by atoms with Crippen LogP contribution in [-0.2, 0) is 0 Å². The molecule has 0 bridgehead atoms. The van der Waals surface area contributed by atoms with Crippen molar-refractivity contribution >= 4 is 6.21 Å². The van der Waals surface area contributed by atoms with Crippen molar-refractivity contribution in [3.05, 3.63) is 0 Å². The Morgan fingerprint density at radius 1 is 1.50 bits per heavy atom. The Morgan fingerprint density at radius 2 is 2.12 bits per heavy atom. The van der Waals surface area contributed by atoms with Crippen molar-refractivity contribution in [1.29, 1.82) is 0 Å². The first-order chi connectivity index (χ1) is 3.77. The summed E-state index contributed by atoms with van der Waals surface area (Å²) in [5, 5.41) is 0. The number of hydrogen-bond acceptors (Lipinski definition) is 1. The van der Waals surface area contributed by atoms with Crippen LogP contribution in [0, 0.1) is 5.92 Å². The zero-order chi connectivity index (χ0) is 6.41. The molecule has 0 aliphatic heterocycles. The first kappa shape index (κ1) is 7.67. The number of nitrogens with zero attached hydrogens (tertiary/aromatic N) is 1. The van der Waals surface area contributed by atoms with Crippen LogP contribution in [0.3, 0.4) is 0 Å². The highest BCUT2D eigenvalue weighted by Gasteiger charge is 1.85. The average molecular weight is 113 g/mol. The highest BCUT2D eigenvalue weighted by Crippen LogP contribution is 1.94. The molecular formula is C7H15N. The third-order valence-corrected chi connectivity index (χ3v) is 0.888. The summed E-state index contributed by atoms with van der Waals surface area (Å²) in [6.45, 7) is 7.37. The molecule has 48 valence electrons. The van der Waals surface area contributed by atoms with Gasteiger partial charge in [0.2, 0.25) is 0 Å². The van der Waals surface area contributed by atoms with Gasteiger partial charge in [0.25, 0.3) is 0 Å². The Kier molecular flexibility index (Phi) is 4.62. The van der Waals surface area contributed by atoms with E-state index in [4.69, 9.17) is 0 Å². The molecule has 0 unspecified atom stereocenters. The Hall–Kier alpha value is -0.330. The quantitative estimate of drug-likeness (QED) is 0.497. The predicted octanol–water partition coefficient (Wildman–Crippen LogP) is 2.12. The normalized spacial score (nSPS) is 11.5. The Balaban J connectivity index is 3.03. The Morgan fingerprint density at radius 3 is 2.50 bits per heavy atom. The molecule has 1 heteroatoms. The largest absolute Gasteiger partial charge is 0.298 e. The zero-order valence-corrected chi connectivity index (χ0v) is 6.02. The molecule has 0 aliphatic rings. The maximum atomic E-state index is 4.09. The van der Waals surface area contributed by atoms with E-state index in [0.29, 0.717) is 0 Å². The topological polar surface area (TPSA) is 12.4 Å². The molecule has 1 nitrogen and oxygen atoms in total. The maximum Gasteiger partial charge on any atom is 0.0357 e. The van der Waals surface area contributed by atoms with E-state index in [2.05, 4.69) is 25.8 Å². The molecule has 0 aromatic heterocycles. The maximum absolute atomic E-state index is 4.09. The lowest BCUT2D eigenvalue weighted by atomic mass is 10.2. The molecular weight excluding hydrogens is 98.1 g/mol. The van der Waals surface area contributed by atoms with Gasteiger partial charge in [-0.3, -0.25) is 4.99 Å². The van der Waals surface area contributed by atoms with Gasteiger partial charge in [0.1, 0.15) is 0 Å². The van der Waals surface area contributed by atoms with Crippen molar-refractivity contribution < 1.29 is 0 Å². The second kappa shape index (κ2) is 4.82. The van der Waals surface area contributed by atoms with Crippen LogP contribution >= 0.6 is 0 Å². The molecule has 0 spiro atoms. The lowest BCUT2D eigenvalue weighted by Crippen LogP contribution is -1.86. The van der Waals surface area contributed by atoms with Gasteiger partial charge in [0.15, 0.2) is 0 Å². The molecule has 0 atom stereocenters. The molecule has 0 fully saturated rings. The molecule has 0 aromatic rings. The molecule has 0 radical (unpaired) electrons. The summed E-state index contributed by atoms with van der Waals surface area (Å²) >= 11 is 0. The van der Waals surface area contributed by atoms with Gasteiger partial charge in [-0.2, -0.15) is 0 Å². The van der Waals surface area contributed by atoms with E-state index in [9.17, 15) is 0 Å². The molecule has 0 amide bonds. The van der Waals surface area contributed by atoms with Crippen molar-refractivity contribution in [2.45, 2.75) is 27.2 Å². The van der Waals surface area contributed by atoms with Gasteiger partial charge in [-0.1, -0.05) is 13.8 Å². The number of rotatable bonds is 3. The van der Waals surface area contributed by atoms with Gasteiger partial charge in [-0.25, -0.2) is 0 Å². The van der Waals surface area contributed by atoms with Crippen LogP contribution in [0.1, 0.15) is 27.2 Å². The first-order valence-corrected chi connectivity index (χ1v) is 3.25. The highest BCUT2D eigenvalue weighted by molar-refractivity contribution is 5.57. The minimum atomic E-state index is 0.755. The summed E-state index contributed by atoms with van der Waals surface area (Å²) in [6, 6.07) is 0. The Bertz CT molecular complexity index is 64.8. The summed E-state index contributed by atoms with van der Waals surface area (Å²) in [7, 11) is 0. The van der Waals surface area contributed by atoms with Crippen LogP contribution in [0.2, 0.25) is 0 Å². The van der Waals surface area contributed by atoms with E-state index in [1.54, 1.807) is 0 Å². The van der Waals surface area contributed by atoms with Gasteiger partial charge in [-0.05, 0) is 25.5 Å². The van der Waals surface area contributed by atoms with Gasteiger partial charge >= 0.3 is 0 Å². The molecule has 0 N–H and O–H groups in total. The van der Waals surface area contributed by atoms with E-state index >= 15 is 0 Å². The van der Waals surface area contributed by atoms with E-state index in [1.807, 2.05) is 6.21 Å². The van der Waals surface area contributed by atoms with E-state index in [1.165, 1.54) is 0 Å². The van der Waals surface area contributed by atoms with Gasteiger partial charge < -0.3 is 0 Å². The highest BCUT2D eigenvalue weighted by atomic mass is 14.7. The average Bonchev–Trinajstić information content (AvgIpc) is 1.66. The molecule has 0 heterocycles. The van der Waals surface area contributed by atoms with Crippen molar-refractivity contribution in [3.63, 3.8) is 0 Å². The molecule has 0 rings (SSSR count). The van der Waals surface area contributed by atoms with Crippen molar-refractivity contribution in [3.8, 4) is 0 Å². The summed E-state index contributed by atoms with van der Waals surface area (Å²) in [4.78, 5) is 4.09. The van der Waals surface area contributed by atoms with Gasteiger partial charge in [0.05, 0.1) is 0 Å². The first-order valence-electron chi connectivity index (χ1n) is 3.25. The van der Waals surface area contributed by atoms with Crippen LogP contribution in [0.15, 0.2) is 4.99 Å². The van der Waals surface area contributed by atoms with Crippen molar-refractivity contribution in [1.82, 2.24) is 0 Å². The minimum Gasteiger partial charge on any atom is -0.298 e. The summed E-state index contributed by atoms with van der Waals surface area (Å²) in [5.74, 6) is 0.755. The van der Waals surface area contributed by atoms with E-state index in [-0.39, 0.29) is 0 Å². The second-order valence-corrected chi connectivity index (χ2v) is 2.31. The zero-order valence-electron chi connectivity index (χ0n) is 6.02. The standard InChI is InChI=1S/C7H15N/c1-4-8-6-5-7(2)3/h6-7H,4-5H2,1-3H3. The van der Waals surface area contributed by atoms with Gasteiger partial charge in [-0.15, -0.1) is 0 Å². The van der Waals surface area contributed by atoms with Crippen molar-refractivity contribution in [2.75, 3.05) is 6.54 Å². The predicted molar refractivity (Wildman–Crippen MR) is 38.5 cm³/mol. The number of aliphatic imine (C=N–C) groups is 1. The summed E-state index contributed by atoms with van der Waals surface area (Å²) in [5.41, 5.74) is 0. The Labute approximate surface area is 51.8 Å². The van der Waals surface area contributed by atoms with Crippen molar-refractivity contribution in [2.24, 2.45) is 10.9 Å². The monoisotopic (exact) mass is 113 g/mol. The lowest BCUT2D eigenvalue weighted by molar-refractivity contribution is 0.689. The smallest absolute Gasteiger partial charge is 0.0357 e. The van der Waals surface area contributed by atoms with Gasteiger partial charge in [0, 0.05) is 6.54 Å². The van der Waals surface area contributed by atoms with E-state index in [0.717, 1.165) is 18.9 Å². The fourth-order valence-corrected chi connectivity index (χ4v) is 0.414. The molecule has 8 heavy (non-hydrogen) atoms. The lowest BCUT2D eigenvalue weighted by Gasteiger charge is -1.94. The fourth-order valence-electron chi connectivity index (χ4n) is 0.414. The fraction of sp³-hybridized carbons (Fsp3) is 0.857. The second-order valence-electron chi connectivity index (χ2n) is 2.31. The summed E-state index contributed by atoms with van der Waals surface area (Å²) < 4.78 is 0. The van der Waals surface area contributed by atoms with Crippen LogP contribution in [-0.4, -0.2) is 12.8 Å². The third-order valence-electron chi connectivity index (χ3n) is 0.888. The van der Waals surface area contributed by atoms with E-state index < -0.39 is 0 Å². The molecule has 0 saturated heterocycles. The number of hydrogen-bond donors (Lipinski definition) is 0. The van der Waals surface area contributed by atoms with Crippen LogP contribution in [0.4, 0.5) is 0 Å². The minimum absolute atomic E-state index is 0.755. The molecule has 0 aromatic carbocycles. The summed E-state index contributed by atoms with van der Waals surface area (Å²) in [6.07, 6.45) is 3.12. The molecule has 0 saturated carbocycles. The van der Waals surface area contributed by atoms with Crippen LogP contribution < -0.4 is 0 Å². The third kappa shape index (κ3) is 5.67. The molecule has 0 aliphatic carbocycles. The van der Waals surface area contributed by atoms with Crippen LogP contribution in [0.5, 0.6) is 0 Å².